The van der Waals surface area contributed by atoms with Crippen molar-refractivity contribution in [3.63, 3.8) is 0 Å². The Morgan fingerprint density at radius 3 is 2.69 bits per heavy atom. The van der Waals surface area contributed by atoms with Gasteiger partial charge < -0.3 is 5.73 Å². The van der Waals surface area contributed by atoms with Crippen molar-refractivity contribution in [3.05, 3.63) is 11.8 Å². The number of Topliss-reactive ketones (excluding diaryl/α,β-unsaturated/α-hetero) is 1. The molecule has 4 aliphatic rings. The minimum Gasteiger partial charge on any atom is -0.403 e. The number of nitrogens with two attached hydrogens (primary N) is 1. The fraction of sp³-hybridized carbons (Fsp3) is 0.800. The van der Waals surface area contributed by atoms with E-state index in [2.05, 4.69) is 18.8 Å². The zero-order valence-electron chi connectivity index (χ0n) is 18.1. The van der Waals surface area contributed by atoms with Crippen LogP contribution in [0.3, 0.4) is 0 Å². The smallest absolute Gasteiger partial charge is 0.157 e. The average Bonchev–Trinajstić information content (AvgIpc) is 3.08. The molecule has 0 radical (unpaired) electrons. The van der Waals surface area contributed by atoms with E-state index in [4.69, 9.17) is 11.0 Å². The van der Waals surface area contributed by atoms with Crippen LogP contribution in [0.2, 0.25) is 0 Å². The molecule has 8 atom stereocenters. The summed E-state index contributed by atoms with van der Waals surface area (Å²) in [7, 11) is 0. The van der Waals surface area contributed by atoms with Gasteiger partial charge in [-0.2, -0.15) is 5.26 Å². The number of nitrogens with zero attached hydrogens (tertiary/aromatic N) is 2. The highest BCUT2D eigenvalue weighted by atomic mass is 16.1. The highest BCUT2D eigenvalue weighted by Gasteiger charge is 2.58. The van der Waals surface area contributed by atoms with E-state index in [1.54, 1.807) is 0 Å². The maximum absolute atomic E-state index is 13.0. The van der Waals surface area contributed by atoms with Crippen LogP contribution in [0.5, 0.6) is 0 Å². The standard InChI is InChI=1S/C25H37N3O/c1-16-3-5-19-18(11-16)4-6-21-20(19)9-10-25(2)22(21)7-8-23(25)24(29)15-28-14-17(12-26)13-27/h12,14,16,18-23H,3-11,15,26H2,1-2H3/t16-,18+,19?,20?,21?,22?,23+,25-/m0/s1. The first-order chi connectivity index (χ1) is 14.0. The van der Waals surface area contributed by atoms with E-state index >= 15 is 0 Å². The second kappa shape index (κ2) is 8.25. The van der Waals surface area contributed by atoms with Gasteiger partial charge in [-0.05, 0) is 92.3 Å². The molecular formula is C25H37N3O. The Bertz CT molecular complexity index is 735. The van der Waals surface area contributed by atoms with Crippen LogP contribution in [-0.4, -0.2) is 18.5 Å². The average molecular weight is 396 g/mol. The molecule has 4 rings (SSSR count). The van der Waals surface area contributed by atoms with Crippen LogP contribution in [0.4, 0.5) is 0 Å². The summed E-state index contributed by atoms with van der Waals surface area (Å²) in [5, 5.41) is 8.93. The van der Waals surface area contributed by atoms with Crippen molar-refractivity contribution in [2.24, 2.45) is 57.6 Å². The molecule has 2 N–H and O–H groups in total. The predicted octanol–water partition coefficient (Wildman–Crippen LogP) is 4.90. The van der Waals surface area contributed by atoms with Crippen LogP contribution in [-0.2, 0) is 4.79 Å². The summed E-state index contributed by atoms with van der Waals surface area (Å²) in [6, 6.07) is 1.98. The largest absolute Gasteiger partial charge is 0.403 e. The molecule has 0 aromatic carbocycles. The van der Waals surface area contributed by atoms with Crippen molar-refractivity contribution in [2.45, 2.75) is 71.6 Å². The van der Waals surface area contributed by atoms with Gasteiger partial charge in [0.05, 0.1) is 12.1 Å². The molecule has 0 aromatic heterocycles. The Hall–Kier alpha value is -1.63. The number of fused-ring (bicyclic) bond motifs is 5. The number of carbonyl (C=O) groups is 1. The Balaban J connectivity index is 1.44. The van der Waals surface area contributed by atoms with Crippen LogP contribution in [0, 0.1) is 58.2 Å². The van der Waals surface area contributed by atoms with Gasteiger partial charge in [0.2, 0.25) is 0 Å². The van der Waals surface area contributed by atoms with Crippen molar-refractivity contribution >= 4 is 12.0 Å². The lowest BCUT2D eigenvalue weighted by atomic mass is 9.49. The Morgan fingerprint density at radius 2 is 1.93 bits per heavy atom. The van der Waals surface area contributed by atoms with Crippen LogP contribution >= 0.6 is 0 Å². The summed E-state index contributed by atoms with van der Waals surface area (Å²) in [4.78, 5) is 17.3. The van der Waals surface area contributed by atoms with Gasteiger partial charge >= 0.3 is 0 Å². The van der Waals surface area contributed by atoms with Gasteiger partial charge in [0, 0.05) is 18.3 Å². The fourth-order valence-corrected chi connectivity index (χ4v) is 8.07. The van der Waals surface area contributed by atoms with E-state index in [1.165, 1.54) is 63.8 Å². The molecule has 4 fully saturated rings. The van der Waals surface area contributed by atoms with E-state index in [9.17, 15) is 4.79 Å². The maximum atomic E-state index is 13.0. The van der Waals surface area contributed by atoms with Gasteiger partial charge in [-0.1, -0.05) is 20.3 Å². The number of hydrogen-bond acceptors (Lipinski definition) is 4. The maximum Gasteiger partial charge on any atom is 0.157 e. The monoisotopic (exact) mass is 395 g/mol. The molecule has 0 aromatic rings. The van der Waals surface area contributed by atoms with Crippen molar-refractivity contribution in [1.82, 2.24) is 0 Å². The first-order valence-corrected chi connectivity index (χ1v) is 11.8. The lowest BCUT2D eigenvalue weighted by Gasteiger charge is -2.56. The molecule has 0 amide bonds. The van der Waals surface area contributed by atoms with E-state index < -0.39 is 0 Å². The van der Waals surface area contributed by atoms with Crippen LogP contribution in [0.1, 0.15) is 71.6 Å². The van der Waals surface area contributed by atoms with Gasteiger partial charge in [-0.3, -0.25) is 9.79 Å². The second-order valence-corrected chi connectivity index (χ2v) is 10.7. The molecule has 4 nitrogen and oxygen atoms in total. The van der Waals surface area contributed by atoms with Crippen molar-refractivity contribution in [2.75, 3.05) is 6.54 Å². The first kappa shape index (κ1) is 20.6. The minimum atomic E-state index is 0.141. The molecule has 4 aliphatic carbocycles. The Labute approximate surface area is 176 Å². The lowest BCUT2D eigenvalue weighted by Crippen LogP contribution is -2.49. The number of allylic oxidation sites excluding steroid dienone is 1. The summed E-state index contributed by atoms with van der Waals surface area (Å²) in [6.45, 7) is 5.03. The normalized spacial score (nSPS) is 44.6. The predicted molar refractivity (Wildman–Crippen MR) is 116 cm³/mol. The molecule has 0 heterocycles. The zero-order valence-corrected chi connectivity index (χ0v) is 18.1. The Morgan fingerprint density at radius 1 is 1.14 bits per heavy atom. The summed E-state index contributed by atoms with van der Waals surface area (Å²) >= 11 is 0. The van der Waals surface area contributed by atoms with Crippen molar-refractivity contribution < 1.29 is 4.79 Å². The molecule has 4 unspecified atom stereocenters. The zero-order chi connectivity index (χ0) is 20.6. The number of rotatable bonds is 4. The molecule has 0 spiro atoms. The quantitative estimate of drug-likeness (QED) is 0.543. The molecule has 29 heavy (non-hydrogen) atoms. The minimum absolute atomic E-state index is 0.141. The van der Waals surface area contributed by atoms with Gasteiger partial charge in [0.15, 0.2) is 5.78 Å². The third-order valence-corrected chi connectivity index (χ3v) is 9.39. The fourth-order valence-electron chi connectivity index (χ4n) is 8.07. The summed E-state index contributed by atoms with van der Waals surface area (Å²) in [5.74, 6) is 5.74. The van der Waals surface area contributed by atoms with Crippen LogP contribution in [0.25, 0.3) is 0 Å². The summed E-state index contributed by atoms with van der Waals surface area (Å²) < 4.78 is 0. The van der Waals surface area contributed by atoms with Gasteiger partial charge in [0.25, 0.3) is 0 Å². The van der Waals surface area contributed by atoms with Crippen LogP contribution < -0.4 is 5.73 Å². The summed E-state index contributed by atoms with van der Waals surface area (Å²) in [5.41, 5.74) is 5.86. The topological polar surface area (TPSA) is 79.2 Å². The van der Waals surface area contributed by atoms with Crippen molar-refractivity contribution in [3.8, 4) is 6.07 Å². The van der Waals surface area contributed by atoms with Gasteiger partial charge in [-0.15, -0.1) is 0 Å². The summed E-state index contributed by atoms with van der Waals surface area (Å²) in [6.07, 6.45) is 14.6. The number of nitriles is 1. The Kier molecular flexibility index (Phi) is 5.87. The molecular weight excluding hydrogens is 358 g/mol. The van der Waals surface area contributed by atoms with Crippen LogP contribution in [0.15, 0.2) is 16.8 Å². The van der Waals surface area contributed by atoms with E-state index in [0.717, 1.165) is 41.9 Å². The molecule has 0 aliphatic heterocycles. The number of ketones is 1. The van der Waals surface area contributed by atoms with Crippen molar-refractivity contribution in [1.29, 1.82) is 5.26 Å². The second-order valence-electron chi connectivity index (χ2n) is 10.7. The third-order valence-electron chi connectivity index (χ3n) is 9.39. The lowest BCUT2D eigenvalue weighted by molar-refractivity contribution is -0.129. The molecule has 4 heteroatoms. The number of hydrogen-bond donors (Lipinski definition) is 1. The van der Waals surface area contributed by atoms with E-state index in [0.29, 0.717) is 5.57 Å². The van der Waals surface area contributed by atoms with E-state index in [-0.39, 0.29) is 23.7 Å². The van der Waals surface area contributed by atoms with E-state index in [1.807, 2.05) is 6.07 Å². The first-order valence-electron chi connectivity index (χ1n) is 11.8. The molecule has 0 bridgehead atoms. The molecule has 158 valence electrons. The number of carbonyl (C=O) groups excluding carboxylic acids is 1. The SMILES string of the molecule is C[C@H]1CCC2C3CC[C@@]4(C)C(CC[C@@H]4C(=O)CN=CC(C#N)=CN)C3CC[C@@H]2C1. The number of aliphatic imine (C=N–C) groups is 1. The highest BCUT2D eigenvalue weighted by Crippen LogP contribution is 2.64. The molecule has 4 saturated carbocycles. The van der Waals surface area contributed by atoms with Gasteiger partial charge in [-0.25, -0.2) is 0 Å². The highest BCUT2D eigenvalue weighted by molar-refractivity contribution is 5.88. The third kappa shape index (κ3) is 3.66. The van der Waals surface area contributed by atoms with Gasteiger partial charge in [0.1, 0.15) is 6.07 Å². The molecule has 0 saturated heterocycles.